The van der Waals surface area contributed by atoms with E-state index < -0.39 is 47.5 Å². The number of pyridine rings is 1. The molecular weight excluding hydrogens is 324 g/mol. The van der Waals surface area contributed by atoms with Crippen LogP contribution in [0.5, 0.6) is 5.75 Å². The number of halogens is 6. The number of alkyl halides is 6. The summed E-state index contributed by atoms with van der Waals surface area (Å²) in [6.07, 6.45) is -11.7. The van der Waals surface area contributed by atoms with Crippen molar-refractivity contribution in [1.29, 1.82) is 0 Å². The average molecular weight is 333 g/mol. The van der Waals surface area contributed by atoms with E-state index in [2.05, 4.69) is 9.47 Å². The molecule has 22 heavy (non-hydrogen) atoms. The van der Waals surface area contributed by atoms with E-state index in [1.807, 2.05) is 0 Å². The summed E-state index contributed by atoms with van der Waals surface area (Å²) in [4.78, 5) is 23.7. The van der Waals surface area contributed by atoms with Crippen molar-refractivity contribution in [3.05, 3.63) is 27.7 Å². The minimum absolute atomic E-state index is 0.178. The predicted molar refractivity (Wildman–Crippen MR) is 59.1 cm³/mol. The molecule has 0 aromatic carbocycles. The van der Waals surface area contributed by atoms with Gasteiger partial charge in [-0.1, -0.05) is 0 Å². The monoisotopic (exact) mass is 333 g/mol. The molecule has 11 heteroatoms. The summed E-state index contributed by atoms with van der Waals surface area (Å²) in [6, 6.07) is 0.178. The van der Waals surface area contributed by atoms with Crippen LogP contribution < -0.4 is 10.3 Å². The van der Waals surface area contributed by atoms with Crippen LogP contribution in [-0.4, -0.2) is 23.9 Å². The Morgan fingerprint density at radius 2 is 1.82 bits per heavy atom. The molecular formula is C11H9F6NO4. The van der Waals surface area contributed by atoms with Crippen LogP contribution in [-0.2, 0) is 22.1 Å². The zero-order valence-electron chi connectivity index (χ0n) is 10.9. The molecule has 0 fully saturated rings. The smallest absolute Gasteiger partial charge is 0.466 e. The van der Waals surface area contributed by atoms with Crippen LogP contribution in [0.4, 0.5) is 26.3 Å². The Labute approximate surface area is 118 Å². The molecule has 1 aromatic heterocycles. The molecule has 124 valence electrons. The van der Waals surface area contributed by atoms with Gasteiger partial charge in [-0.15, -0.1) is 13.2 Å². The molecule has 0 amide bonds. The first-order valence-electron chi connectivity index (χ1n) is 5.68. The zero-order valence-corrected chi connectivity index (χ0v) is 10.9. The van der Waals surface area contributed by atoms with Crippen molar-refractivity contribution in [1.82, 2.24) is 4.98 Å². The van der Waals surface area contributed by atoms with Crippen LogP contribution in [0.1, 0.15) is 18.2 Å². The van der Waals surface area contributed by atoms with Crippen molar-refractivity contribution in [2.75, 3.05) is 6.61 Å². The number of rotatable bonds is 4. The molecule has 0 radical (unpaired) electrons. The molecule has 0 atom stereocenters. The Balaban J connectivity index is 3.44. The van der Waals surface area contributed by atoms with Gasteiger partial charge in [-0.25, -0.2) is 0 Å². The molecule has 1 N–H and O–H groups in total. The van der Waals surface area contributed by atoms with Gasteiger partial charge in [-0.2, -0.15) is 13.2 Å². The summed E-state index contributed by atoms with van der Waals surface area (Å²) in [5.74, 6) is -2.61. The van der Waals surface area contributed by atoms with Crippen LogP contribution in [0.2, 0.25) is 0 Å². The Bertz CT molecular complexity index is 604. The van der Waals surface area contributed by atoms with E-state index >= 15 is 0 Å². The third kappa shape index (κ3) is 4.97. The van der Waals surface area contributed by atoms with E-state index in [1.54, 1.807) is 0 Å². The van der Waals surface area contributed by atoms with E-state index in [0.29, 0.717) is 0 Å². The molecule has 0 saturated carbocycles. The second kappa shape index (κ2) is 6.28. The highest BCUT2D eigenvalue weighted by Gasteiger charge is 2.40. The summed E-state index contributed by atoms with van der Waals surface area (Å²) >= 11 is 0. The average Bonchev–Trinajstić information content (AvgIpc) is 2.29. The third-order valence-corrected chi connectivity index (χ3v) is 2.25. The fourth-order valence-electron chi connectivity index (χ4n) is 1.55. The molecule has 0 aliphatic heterocycles. The number of ether oxygens (including phenoxy) is 2. The normalized spacial score (nSPS) is 12.1. The molecule has 1 heterocycles. The van der Waals surface area contributed by atoms with Crippen LogP contribution in [0.3, 0.4) is 0 Å². The van der Waals surface area contributed by atoms with E-state index in [4.69, 9.17) is 0 Å². The largest absolute Gasteiger partial charge is 0.573 e. The molecule has 0 saturated heterocycles. The standard InChI is InChI=1S/C11H9F6NO4/c1-2-21-8(20)3-5-6(22-11(15,16)17)4-7(19)18-9(5)10(12,13)14/h4H,2-3H2,1H3,(H,18,19). The lowest BCUT2D eigenvalue weighted by Crippen LogP contribution is -2.25. The van der Waals surface area contributed by atoms with Gasteiger partial charge in [0.05, 0.1) is 13.0 Å². The van der Waals surface area contributed by atoms with Crippen LogP contribution in [0.25, 0.3) is 0 Å². The Morgan fingerprint density at radius 1 is 1.23 bits per heavy atom. The van der Waals surface area contributed by atoms with Crippen LogP contribution in [0.15, 0.2) is 10.9 Å². The van der Waals surface area contributed by atoms with E-state index in [9.17, 15) is 35.9 Å². The molecule has 0 spiro atoms. The maximum absolute atomic E-state index is 12.8. The first-order chi connectivity index (χ1) is 9.94. The number of hydrogen-bond acceptors (Lipinski definition) is 4. The second-order valence-electron chi connectivity index (χ2n) is 3.88. The number of aromatic amines is 1. The lowest BCUT2D eigenvalue weighted by molar-refractivity contribution is -0.275. The highest BCUT2D eigenvalue weighted by Crippen LogP contribution is 2.35. The fraction of sp³-hybridized carbons (Fsp3) is 0.455. The number of aromatic nitrogens is 1. The first kappa shape index (κ1) is 17.9. The maximum Gasteiger partial charge on any atom is 0.573 e. The SMILES string of the molecule is CCOC(=O)Cc1c(OC(F)(F)F)cc(=O)[nH]c1C(F)(F)F. The molecule has 0 aliphatic rings. The molecule has 0 unspecified atom stereocenters. The van der Waals surface area contributed by atoms with Crippen molar-refractivity contribution < 1.29 is 40.6 Å². The molecule has 1 rings (SSSR count). The summed E-state index contributed by atoms with van der Waals surface area (Å²) in [7, 11) is 0. The Hall–Kier alpha value is -2.20. The Morgan fingerprint density at radius 3 is 2.27 bits per heavy atom. The fourth-order valence-corrected chi connectivity index (χ4v) is 1.55. The molecule has 0 aliphatic carbocycles. The van der Waals surface area contributed by atoms with Crippen LogP contribution in [0, 0.1) is 0 Å². The summed E-state index contributed by atoms with van der Waals surface area (Å²) in [5.41, 5.74) is -4.42. The number of hydrogen-bond donors (Lipinski definition) is 1. The molecule has 5 nitrogen and oxygen atoms in total. The minimum atomic E-state index is -5.33. The minimum Gasteiger partial charge on any atom is -0.466 e. The van der Waals surface area contributed by atoms with Crippen molar-refractivity contribution in [3.8, 4) is 5.75 Å². The lowest BCUT2D eigenvalue weighted by Gasteiger charge is -2.17. The third-order valence-electron chi connectivity index (χ3n) is 2.25. The number of H-pyrrole nitrogens is 1. The van der Waals surface area contributed by atoms with Crippen molar-refractivity contribution in [2.24, 2.45) is 0 Å². The summed E-state index contributed by atoms with van der Waals surface area (Å²) < 4.78 is 83.0. The van der Waals surface area contributed by atoms with Crippen molar-refractivity contribution in [3.63, 3.8) is 0 Å². The quantitative estimate of drug-likeness (QED) is 0.679. The van der Waals surface area contributed by atoms with Crippen molar-refractivity contribution in [2.45, 2.75) is 25.9 Å². The first-order valence-corrected chi connectivity index (χ1v) is 5.68. The van der Waals surface area contributed by atoms with Gasteiger partial charge in [0, 0.05) is 11.6 Å². The maximum atomic E-state index is 12.8. The highest BCUT2D eigenvalue weighted by atomic mass is 19.4. The van der Waals surface area contributed by atoms with E-state index in [1.165, 1.54) is 11.9 Å². The van der Waals surface area contributed by atoms with Gasteiger partial charge in [0.15, 0.2) is 0 Å². The zero-order chi connectivity index (χ0) is 17.1. The number of carbonyl (C=O) groups is 1. The van der Waals surface area contributed by atoms with Crippen LogP contribution >= 0.6 is 0 Å². The molecule has 0 bridgehead atoms. The van der Waals surface area contributed by atoms with E-state index in [-0.39, 0.29) is 12.7 Å². The van der Waals surface area contributed by atoms with Gasteiger partial charge in [-0.3, -0.25) is 9.59 Å². The second-order valence-corrected chi connectivity index (χ2v) is 3.88. The van der Waals surface area contributed by atoms with Gasteiger partial charge in [0.1, 0.15) is 11.4 Å². The summed E-state index contributed by atoms with van der Waals surface area (Å²) in [5, 5.41) is 0. The van der Waals surface area contributed by atoms with Gasteiger partial charge < -0.3 is 14.5 Å². The lowest BCUT2D eigenvalue weighted by atomic mass is 10.1. The van der Waals surface area contributed by atoms with E-state index in [0.717, 1.165) is 0 Å². The van der Waals surface area contributed by atoms with Gasteiger partial charge >= 0.3 is 18.5 Å². The highest BCUT2D eigenvalue weighted by molar-refractivity contribution is 5.74. The molecule has 1 aromatic rings. The predicted octanol–water partition coefficient (Wildman–Crippen LogP) is 2.40. The number of carbonyl (C=O) groups excluding carboxylic acids is 1. The number of nitrogens with one attached hydrogen (secondary N) is 1. The van der Waals surface area contributed by atoms with Gasteiger partial charge in [-0.05, 0) is 6.92 Å². The summed E-state index contributed by atoms with van der Waals surface area (Å²) in [6.45, 7) is 1.18. The van der Waals surface area contributed by atoms with Gasteiger partial charge in [0.25, 0.3) is 5.56 Å². The Kier molecular flexibility index (Phi) is 5.09. The topological polar surface area (TPSA) is 68.4 Å². The van der Waals surface area contributed by atoms with Crippen molar-refractivity contribution >= 4 is 5.97 Å². The number of esters is 1. The van der Waals surface area contributed by atoms with Gasteiger partial charge in [0.2, 0.25) is 0 Å².